The molecule has 0 spiro atoms. The van der Waals surface area contributed by atoms with Crippen LogP contribution in [0.4, 0.5) is 0 Å². The van der Waals surface area contributed by atoms with Gasteiger partial charge in [0.25, 0.3) is 0 Å². The van der Waals surface area contributed by atoms with E-state index in [0.29, 0.717) is 0 Å². The second kappa shape index (κ2) is 4.51. The van der Waals surface area contributed by atoms with E-state index in [-0.39, 0.29) is 18.1 Å². The molecule has 0 aromatic heterocycles. The second-order valence-electron chi connectivity index (χ2n) is 5.37. The fraction of sp³-hybridized carbons (Fsp3) is 0.833. The molecule has 3 fully saturated rings. The molecular weight excluding hydrogens is 236 g/mol. The fourth-order valence-electron chi connectivity index (χ4n) is 3.49. The molecule has 0 aliphatic carbocycles. The van der Waals surface area contributed by atoms with E-state index >= 15 is 0 Å². The van der Waals surface area contributed by atoms with Crippen molar-refractivity contribution in [1.82, 2.24) is 4.90 Å². The van der Waals surface area contributed by atoms with Gasteiger partial charge >= 0.3 is 5.97 Å². The summed E-state index contributed by atoms with van der Waals surface area (Å²) in [5.74, 6) is -1.99. The van der Waals surface area contributed by atoms with Crippen molar-refractivity contribution in [3.63, 3.8) is 0 Å². The Morgan fingerprint density at radius 1 is 1.11 bits per heavy atom. The van der Waals surface area contributed by atoms with E-state index in [0.717, 1.165) is 39.0 Å². The van der Waals surface area contributed by atoms with Gasteiger partial charge in [-0.15, -0.1) is 0 Å². The van der Waals surface area contributed by atoms with Crippen LogP contribution in [0.5, 0.6) is 0 Å². The lowest BCUT2D eigenvalue weighted by Crippen LogP contribution is -2.90. The van der Waals surface area contributed by atoms with Gasteiger partial charge in [-0.1, -0.05) is 0 Å². The Labute approximate surface area is 105 Å². The highest BCUT2D eigenvalue weighted by Crippen LogP contribution is 2.44. The van der Waals surface area contributed by atoms with Crippen molar-refractivity contribution in [2.75, 3.05) is 26.2 Å². The normalized spacial score (nSPS) is 39.0. The molecule has 4 atom stereocenters. The predicted octanol–water partition coefficient (Wildman–Crippen LogP) is -1.73. The quantitative estimate of drug-likeness (QED) is 0.614. The molecule has 0 radical (unpaired) electrons. The van der Waals surface area contributed by atoms with E-state index in [4.69, 9.17) is 4.74 Å². The number of nitrogens with two attached hydrogens (primary N) is 1. The molecule has 3 aliphatic rings. The summed E-state index contributed by atoms with van der Waals surface area (Å²) in [5, 5.41) is 11.5. The van der Waals surface area contributed by atoms with Crippen LogP contribution in [0.25, 0.3) is 0 Å². The minimum atomic E-state index is -0.885. The Balaban J connectivity index is 1.77. The van der Waals surface area contributed by atoms with Crippen LogP contribution >= 0.6 is 0 Å². The Bertz CT molecular complexity index is 367. The molecule has 0 aromatic carbocycles. The number of nitrogens with zero attached hydrogens (tertiary/aromatic N) is 1. The highest BCUT2D eigenvalue weighted by molar-refractivity contribution is 5.86. The third kappa shape index (κ3) is 1.80. The van der Waals surface area contributed by atoms with E-state index in [2.05, 4.69) is 5.32 Å². The van der Waals surface area contributed by atoms with Crippen LogP contribution in [0.1, 0.15) is 12.8 Å². The number of rotatable bonds is 2. The van der Waals surface area contributed by atoms with Crippen molar-refractivity contribution in [2.24, 2.45) is 11.8 Å². The van der Waals surface area contributed by atoms with Crippen LogP contribution in [0, 0.1) is 11.8 Å². The van der Waals surface area contributed by atoms with Crippen LogP contribution in [-0.2, 0) is 14.3 Å². The summed E-state index contributed by atoms with van der Waals surface area (Å²) in [7, 11) is 0. The molecule has 3 rings (SSSR count). The Morgan fingerprint density at radius 2 is 1.72 bits per heavy atom. The number of amides is 1. The number of quaternary nitrogens is 1. The van der Waals surface area contributed by atoms with E-state index < -0.39 is 17.8 Å². The third-order valence-electron chi connectivity index (χ3n) is 4.36. The van der Waals surface area contributed by atoms with E-state index in [1.54, 1.807) is 0 Å². The molecule has 6 nitrogen and oxygen atoms in total. The SMILES string of the molecule is O=C(O)C1C(C(=O)N2CC[NH2+]CC2)[C@@H]2CC[C@H]1O2. The minimum Gasteiger partial charge on any atom is -0.481 e. The molecule has 2 unspecified atom stereocenters. The monoisotopic (exact) mass is 255 g/mol. The molecule has 0 aromatic rings. The number of carboxylic acid groups (broad SMARTS) is 1. The molecule has 6 heteroatoms. The summed E-state index contributed by atoms with van der Waals surface area (Å²) in [6.07, 6.45) is 1.18. The van der Waals surface area contributed by atoms with Crippen molar-refractivity contribution in [3.8, 4) is 0 Å². The smallest absolute Gasteiger partial charge is 0.310 e. The van der Waals surface area contributed by atoms with Crippen molar-refractivity contribution in [2.45, 2.75) is 25.0 Å². The summed E-state index contributed by atoms with van der Waals surface area (Å²) < 4.78 is 5.63. The number of fused-ring (bicyclic) bond motifs is 2. The largest absolute Gasteiger partial charge is 0.481 e. The van der Waals surface area contributed by atoms with Gasteiger partial charge in [-0.25, -0.2) is 0 Å². The molecule has 0 saturated carbocycles. The predicted molar refractivity (Wildman–Crippen MR) is 60.8 cm³/mol. The van der Waals surface area contributed by atoms with Crippen LogP contribution in [0.15, 0.2) is 0 Å². The number of ether oxygens (including phenoxy) is 1. The van der Waals surface area contributed by atoms with E-state index in [9.17, 15) is 14.7 Å². The molecule has 3 heterocycles. The zero-order valence-corrected chi connectivity index (χ0v) is 10.2. The highest BCUT2D eigenvalue weighted by atomic mass is 16.5. The van der Waals surface area contributed by atoms with Gasteiger partial charge in [-0.2, -0.15) is 0 Å². The fourth-order valence-corrected chi connectivity index (χ4v) is 3.49. The first-order valence-corrected chi connectivity index (χ1v) is 6.67. The summed E-state index contributed by atoms with van der Waals surface area (Å²) in [6.45, 7) is 3.26. The number of carbonyl (C=O) groups is 2. The molecule has 3 N–H and O–H groups in total. The van der Waals surface area contributed by atoms with Gasteiger partial charge in [0.15, 0.2) is 0 Å². The first kappa shape index (κ1) is 11.9. The summed E-state index contributed by atoms with van der Waals surface area (Å²) in [6, 6.07) is 0. The van der Waals surface area contributed by atoms with Gasteiger partial charge in [-0.3, -0.25) is 9.59 Å². The maximum Gasteiger partial charge on any atom is 0.310 e. The molecule has 3 aliphatic heterocycles. The van der Waals surface area contributed by atoms with Crippen LogP contribution in [-0.4, -0.2) is 60.3 Å². The zero-order valence-electron chi connectivity index (χ0n) is 10.2. The maximum absolute atomic E-state index is 12.5. The Hall–Kier alpha value is -1.14. The lowest BCUT2D eigenvalue weighted by molar-refractivity contribution is -0.662. The van der Waals surface area contributed by atoms with Gasteiger partial charge in [0, 0.05) is 0 Å². The van der Waals surface area contributed by atoms with Crippen LogP contribution in [0.2, 0.25) is 0 Å². The number of carboxylic acids is 1. The van der Waals surface area contributed by atoms with E-state index in [1.165, 1.54) is 0 Å². The van der Waals surface area contributed by atoms with E-state index in [1.807, 2.05) is 4.90 Å². The second-order valence-corrected chi connectivity index (χ2v) is 5.37. The Morgan fingerprint density at radius 3 is 2.33 bits per heavy atom. The topological polar surface area (TPSA) is 83.5 Å². The molecule has 18 heavy (non-hydrogen) atoms. The van der Waals surface area contributed by atoms with Gasteiger partial charge in [0.1, 0.15) is 0 Å². The number of hydrogen-bond acceptors (Lipinski definition) is 3. The average Bonchev–Trinajstić information content (AvgIpc) is 2.99. The number of aliphatic carboxylic acids is 1. The van der Waals surface area contributed by atoms with Crippen molar-refractivity contribution >= 4 is 11.9 Å². The van der Waals surface area contributed by atoms with Crippen LogP contribution in [0.3, 0.4) is 0 Å². The molecule has 1 amide bonds. The van der Waals surface area contributed by atoms with Gasteiger partial charge in [-0.05, 0) is 12.8 Å². The molecule has 2 bridgehead atoms. The lowest BCUT2D eigenvalue weighted by Gasteiger charge is -2.32. The molecular formula is C12H19N2O4+. The summed E-state index contributed by atoms with van der Waals surface area (Å²) >= 11 is 0. The van der Waals surface area contributed by atoms with Gasteiger partial charge in [0.05, 0.1) is 50.2 Å². The van der Waals surface area contributed by atoms with Crippen molar-refractivity contribution < 1.29 is 24.7 Å². The highest BCUT2D eigenvalue weighted by Gasteiger charge is 2.56. The number of carbonyl (C=O) groups excluding carboxylic acids is 1. The molecule has 3 saturated heterocycles. The summed E-state index contributed by atoms with van der Waals surface area (Å²) in [4.78, 5) is 25.6. The van der Waals surface area contributed by atoms with Crippen molar-refractivity contribution in [1.29, 1.82) is 0 Å². The molecule has 100 valence electrons. The third-order valence-corrected chi connectivity index (χ3v) is 4.36. The lowest BCUT2D eigenvalue weighted by atomic mass is 9.78. The first-order chi connectivity index (χ1) is 8.68. The Kier molecular flexibility index (Phi) is 2.99. The summed E-state index contributed by atoms with van der Waals surface area (Å²) in [5.41, 5.74) is 0. The van der Waals surface area contributed by atoms with Crippen LogP contribution < -0.4 is 5.32 Å². The van der Waals surface area contributed by atoms with Gasteiger partial charge in [0.2, 0.25) is 5.91 Å². The zero-order chi connectivity index (χ0) is 12.7. The minimum absolute atomic E-state index is 0.0114. The van der Waals surface area contributed by atoms with Crippen molar-refractivity contribution in [3.05, 3.63) is 0 Å². The first-order valence-electron chi connectivity index (χ1n) is 6.67. The maximum atomic E-state index is 12.5. The van der Waals surface area contributed by atoms with Gasteiger partial charge < -0.3 is 20.1 Å². The average molecular weight is 255 g/mol. The number of hydrogen-bond donors (Lipinski definition) is 2. The number of piperazine rings is 1. The standard InChI is InChI=1S/C12H18N2O4/c15-11(14-5-3-13-4-6-14)9-7-1-2-8(18-7)10(9)12(16)17/h7-10,13H,1-6H2,(H,16,17)/p+1/t7-,8+,9?,10?/m0/s1.